The van der Waals surface area contributed by atoms with Crippen molar-refractivity contribution in [3.05, 3.63) is 59.9 Å². The van der Waals surface area contributed by atoms with E-state index < -0.39 is 0 Å². The number of piperidine rings is 1. The lowest BCUT2D eigenvalue weighted by Crippen LogP contribution is -2.48. The molecule has 4 rings (SSSR count). The standard InChI is InChI=1S/C27H34FN3O3/c28-22-12-10-20(11-13-22)18-31(23-6-2-1-3-7-23)26(33)19-30-16-14-21(15-17-30)27(34)29-24-8-4-5-9-25(24)32/h4-5,8-13,21,23,32H,1-3,6-7,14-19H2,(H,29,34). The predicted molar refractivity (Wildman–Crippen MR) is 130 cm³/mol. The number of phenolic OH excluding ortho intramolecular Hbond substituents is 1. The molecule has 6 nitrogen and oxygen atoms in total. The predicted octanol–water partition coefficient (Wildman–Crippen LogP) is 4.54. The van der Waals surface area contributed by atoms with Gasteiger partial charge in [0.2, 0.25) is 11.8 Å². The number of aromatic hydroxyl groups is 1. The zero-order valence-corrected chi connectivity index (χ0v) is 19.6. The van der Waals surface area contributed by atoms with Crippen LogP contribution in [0.3, 0.4) is 0 Å². The summed E-state index contributed by atoms with van der Waals surface area (Å²) in [5, 5.41) is 12.7. The highest BCUT2D eigenvalue weighted by Gasteiger charge is 2.30. The summed E-state index contributed by atoms with van der Waals surface area (Å²) in [6, 6.07) is 13.4. The Labute approximate surface area is 200 Å². The number of nitrogens with one attached hydrogen (secondary N) is 1. The van der Waals surface area contributed by atoms with Gasteiger partial charge in [-0.15, -0.1) is 0 Å². The molecule has 2 fully saturated rings. The van der Waals surface area contributed by atoms with Gasteiger partial charge < -0.3 is 15.3 Å². The van der Waals surface area contributed by atoms with Crippen LogP contribution >= 0.6 is 0 Å². The molecule has 0 atom stereocenters. The number of anilines is 1. The SMILES string of the molecule is O=C(Nc1ccccc1O)C1CCN(CC(=O)N(Cc2ccc(F)cc2)C2CCCCC2)CC1. The summed E-state index contributed by atoms with van der Waals surface area (Å²) in [5.41, 5.74) is 1.37. The Kier molecular flexibility index (Phi) is 8.16. The third-order valence-corrected chi connectivity index (χ3v) is 7.08. The summed E-state index contributed by atoms with van der Waals surface area (Å²) in [4.78, 5) is 30.1. The van der Waals surface area contributed by atoms with E-state index in [1.807, 2.05) is 4.90 Å². The molecule has 2 aromatic rings. The zero-order valence-electron chi connectivity index (χ0n) is 19.6. The molecule has 1 aliphatic heterocycles. The van der Waals surface area contributed by atoms with E-state index >= 15 is 0 Å². The molecule has 1 heterocycles. The van der Waals surface area contributed by atoms with Crippen LogP contribution in [0.4, 0.5) is 10.1 Å². The molecule has 0 aromatic heterocycles. The number of carbonyl (C=O) groups is 2. The van der Waals surface area contributed by atoms with Gasteiger partial charge in [0.25, 0.3) is 0 Å². The van der Waals surface area contributed by atoms with Crippen LogP contribution in [0.1, 0.15) is 50.5 Å². The average Bonchev–Trinajstić information content (AvgIpc) is 2.86. The first-order valence-electron chi connectivity index (χ1n) is 12.3. The maximum absolute atomic E-state index is 13.4. The molecule has 0 unspecified atom stereocenters. The van der Waals surface area contributed by atoms with Gasteiger partial charge in [0.15, 0.2) is 0 Å². The normalized spacial score (nSPS) is 17.9. The third kappa shape index (κ3) is 6.35. The fourth-order valence-electron chi connectivity index (χ4n) is 5.05. The monoisotopic (exact) mass is 467 g/mol. The highest BCUT2D eigenvalue weighted by atomic mass is 19.1. The number of hydrogen-bond acceptors (Lipinski definition) is 4. The zero-order chi connectivity index (χ0) is 23.9. The first-order valence-corrected chi connectivity index (χ1v) is 12.3. The van der Waals surface area contributed by atoms with Crippen molar-refractivity contribution in [3.63, 3.8) is 0 Å². The van der Waals surface area contributed by atoms with E-state index in [0.717, 1.165) is 31.2 Å². The highest BCUT2D eigenvalue weighted by Crippen LogP contribution is 2.27. The van der Waals surface area contributed by atoms with Crippen molar-refractivity contribution in [2.75, 3.05) is 25.0 Å². The lowest BCUT2D eigenvalue weighted by atomic mass is 9.93. The number of likely N-dealkylation sites (tertiary alicyclic amines) is 1. The molecular formula is C27H34FN3O3. The second kappa shape index (κ2) is 11.5. The number of para-hydroxylation sites is 2. The molecule has 2 aromatic carbocycles. The second-order valence-electron chi connectivity index (χ2n) is 9.50. The van der Waals surface area contributed by atoms with Gasteiger partial charge in [-0.1, -0.05) is 43.5 Å². The van der Waals surface area contributed by atoms with E-state index in [1.54, 1.807) is 36.4 Å². The van der Waals surface area contributed by atoms with Gasteiger partial charge in [0, 0.05) is 18.5 Å². The lowest BCUT2D eigenvalue weighted by Gasteiger charge is -2.37. The van der Waals surface area contributed by atoms with Gasteiger partial charge in [-0.25, -0.2) is 4.39 Å². The Balaban J connectivity index is 1.32. The average molecular weight is 468 g/mol. The van der Waals surface area contributed by atoms with Crippen molar-refractivity contribution in [3.8, 4) is 5.75 Å². The van der Waals surface area contributed by atoms with Crippen molar-refractivity contribution in [2.24, 2.45) is 5.92 Å². The summed E-state index contributed by atoms with van der Waals surface area (Å²) < 4.78 is 13.3. The first kappa shape index (κ1) is 24.2. The second-order valence-corrected chi connectivity index (χ2v) is 9.50. The molecule has 0 spiro atoms. The number of nitrogens with zero attached hydrogens (tertiary/aromatic N) is 2. The summed E-state index contributed by atoms with van der Waals surface area (Å²) in [5.74, 6) is -0.336. The number of benzene rings is 2. The van der Waals surface area contributed by atoms with Gasteiger partial charge in [-0.3, -0.25) is 14.5 Å². The maximum atomic E-state index is 13.4. The fraction of sp³-hybridized carbons (Fsp3) is 0.481. The quantitative estimate of drug-likeness (QED) is 0.587. The molecule has 1 saturated heterocycles. The Hall–Kier alpha value is -2.93. The van der Waals surface area contributed by atoms with Gasteiger partial charge in [0.1, 0.15) is 11.6 Å². The number of amides is 2. The van der Waals surface area contributed by atoms with Crippen LogP contribution in [0.25, 0.3) is 0 Å². The largest absolute Gasteiger partial charge is 0.506 e. The molecule has 1 saturated carbocycles. The van der Waals surface area contributed by atoms with Gasteiger partial charge in [0.05, 0.1) is 12.2 Å². The van der Waals surface area contributed by atoms with Gasteiger partial charge >= 0.3 is 0 Å². The molecule has 2 aliphatic rings. The van der Waals surface area contributed by atoms with Crippen LogP contribution in [0.5, 0.6) is 5.75 Å². The number of phenols is 1. The Morgan fingerprint density at radius 2 is 1.65 bits per heavy atom. The van der Waals surface area contributed by atoms with Crippen molar-refractivity contribution in [1.82, 2.24) is 9.80 Å². The summed E-state index contributed by atoms with van der Waals surface area (Å²) in [6.45, 7) is 2.20. The molecule has 2 amide bonds. The number of rotatable bonds is 7. The molecule has 34 heavy (non-hydrogen) atoms. The third-order valence-electron chi connectivity index (χ3n) is 7.08. The van der Waals surface area contributed by atoms with E-state index in [0.29, 0.717) is 44.7 Å². The Morgan fingerprint density at radius 3 is 2.32 bits per heavy atom. The minimum Gasteiger partial charge on any atom is -0.506 e. The van der Waals surface area contributed by atoms with Crippen LogP contribution in [0.2, 0.25) is 0 Å². The smallest absolute Gasteiger partial charge is 0.237 e. The van der Waals surface area contributed by atoms with Gasteiger partial charge in [-0.05, 0) is 68.6 Å². The van der Waals surface area contributed by atoms with E-state index in [1.165, 1.54) is 18.6 Å². The van der Waals surface area contributed by atoms with E-state index in [-0.39, 0.29) is 35.3 Å². The minimum absolute atomic E-state index is 0.0582. The summed E-state index contributed by atoms with van der Waals surface area (Å²) >= 11 is 0. The van der Waals surface area contributed by atoms with Crippen molar-refractivity contribution in [1.29, 1.82) is 0 Å². The minimum atomic E-state index is -0.270. The fourth-order valence-corrected chi connectivity index (χ4v) is 5.05. The van der Waals surface area contributed by atoms with Crippen LogP contribution in [-0.4, -0.2) is 52.4 Å². The maximum Gasteiger partial charge on any atom is 0.237 e. The van der Waals surface area contributed by atoms with Crippen molar-refractivity contribution < 1.29 is 19.1 Å². The number of hydrogen-bond donors (Lipinski definition) is 2. The number of carbonyl (C=O) groups excluding carboxylic acids is 2. The van der Waals surface area contributed by atoms with Crippen molar-refractivity contribution in [2.45, 2.75) is 57.5 Å². The van der Waals surface area contributed by atoms with Crippen LogP contribution < -0.4 is 5.32 Å². The van der Waals surface area contributed by atoms with Crippen LogP contribution in [0.15, 0.2) is 48.5 Å². The van der Waals surface area contributed by atoms with Crippen LogP contribution in [0, 0.1) is 11.7 Å². The topological polar surface area (TPSA) is 72.9 Å². The molecule has 1 aliphatic carbocycles. The molecule has 7 heteroatoms. The van der Waals surface area contributed by atoms with E-state index in [2.05, 4.69) is 10.2 Å². The molecular weight excluding hydrogens is 433 g/mol. The molecule has 0 bridgehead atoms. The first-order chi connectivity index (χ1) is 16.5. The summed E-state index contributed by atoms with van der Waals surface area (Å²) in [7, 11) is 0. The Bertz CT molecular complexity index is 967. The highest BCUT2D eigenvalue weighted by molar-refractivity contribution is 5.94. The lowest BCUT2D eigenvalue weighted by molar-refractivity contribution is -0.136. The van der Waals surface area contributed by atoms with Crippen LogP contribution in [-0.2, 0) is 16.1 Å². The number of halogens is 1. The van der Waals surface area contributed by atoms with E-state index in [4.69, 9.17) is 0 Å². The van der Waals surface area contributed by atoms with Crippen molar-refractivity contribution >= 4 is 17.5 Å². The van der Waals surface area contributed by atoms with Gasteiger partial charge in [-0.2, -0.15) is 0 Å². The molecule has 0 radical (unpaired) electrons. The van der Waals surface area contributed by atoms with E-state index in [9.17, 15) is 19.1 Å². The Morgan fingerprint density at radius 1 is 0.971 bits per heavy atom. The summed E-state index contributed by atoms with van der Waals surface area (Å²) in [6.07, 6.45) is 6.86. The molecule has 2 N–H and O–H groups in total. The molecule has 182 valence electrons.